The van der Waals surface area contributed by atoms with Crippen molar-refractivity contribution >= 4 is 44.7 Å². The molecule has 0 saturated carbocycles. The Hall–Kier alpha value is -3.82. The topological polar surface area (TPSA) is 85.9 Å². The maximum atomic E-state index is 13.8. The molecular formula is C27H33FN6OS. The van der Waals surface area contributed by atoms with Crippen LogP contribution in [0.3, 0.4) is 0 Å². The normalized spacial score (nSPS) is 13.4. The Morgan fingerprint density at radius 1 is 1.14 bits per heavy atom. The number of aromatic amines is 1. The van der Waals surface area contributed by atoms with Crippen molar-refractivity contribution in [3.05, 3.63) is 77.2 Å². The summed E-state index contributed by atoms with van der Waals surface area (Å²) >= 11 is 1.73. The largest absolute Gasteiger partial charge is 0.355 e. The van der Waals surface area contributed by atoms with Crippen molar-refractivity contribution in [2.24, 2.45) is 0 Å². The van der Waals surface area contributed by atoms with Gasteiger partial charge in [0.05, 0.1) is 5.52 Å². The average Bonchev–Trinajstić information content (AvgIpc) is 3.56. The van der Waals surface area contributed by atoms with Gasteiger partial charge in [0.1, 0.15) is 17.7 Å². The Morgan fingerprint density at radius 2 is 2.00 bits per heavy atom. The Labute approximate surface area is 216 Å². The lowest BCUT2D eigenvalue weighted by atomic mass is 10.1. The highest BCUT2D eigenvalue weighted by molar-refractivity contribution is 7.17. The Bertz CT molecular complexity index is 1510. The van der Waals surface area contributed by atoms with E-state index in [0.29, 0.717) is 12.1 Å². The molecule has 3 N–H and O–H groups in total. The monoisotopic (exact) mass is 508 g/mol. The van der Waals surface area contributed by atoms with Gasteiger partial charge >= 0.3 is 0 Å². The fourth-order valence-corrected chi connectivity index (χ4v) is 5.02. The molecule has 36 heavy (non-hydrogen) atoms. The van der Waals surface area contributed by atoms with E-state index >= 15 is 0 Å². The van der Waals surface area contributed by atoms with Crippen LogP contribution in [-0.4, -0.2) is 47.5 Å². The molecule has 1 saturated heterocycles. The second-order valence-electron chi connectivity index (χ2n) is 8.63. The summed E-state index contributed by atoms with van der Waals surface area (Å²) in [6.45, 7) is 6.09. The zero-order chi connectivity index (χ0) is 24.9. The number of hydrogen-bond acceptors (Lipinski definition) is 6. The zero-order valence-electron chi connectivity index (χ0n) is 19.9. The van der Waals surface area contributed by atoms with Crippen molar-refractivity contribution in [2.75, 3.05) is 31.1 Å². The van der Waals surface area contributed by atoms with E-state index in [1.165, 1.54) is 10.1 Å². The minimum Gasteiger partial charge on any atom is -0.355 e. The molecule has 0 spiro atoms. The molecule has 2 aromatic carbocycles. The van der Waals surface area contributed by atoms with Crippen molar-refractivity contribution in [3.8, 4) is 11.3 Å². The quantitative estimate of drug-likeness (QED) is 0.278. The minimum atomic E-state index is -0.199. The van der Waals surface area contributed by atoms with E-state index in [0.717, 1.165) is 66.3 Å². The van der Waals surface area contributed by atoms with Crippen LogP contribution in [0, 0.1) is 12.7 Å². The van der Waals surface area contributed by atoms with E-state index in [9.17, 15) is 9.18 Å². The predicted molar refractivity (Wildman–Crippen MR) is 150 cm³/mol. The number of hydrogen-bond donors (Lipinski definition) is 3. The van der Waals surface area contributed by atoms with Gasteiger partial charge in [0.2, 0.25) is 6.41 Å². The summed E-state index contributed by atoms with van der Waals surface area (Å²) in [5.74, 6) is 0.713. The van der Waals surface area contributed by atoms with Crippen LogP contribution in [0.1, 0.15) is 15.4 Å². The number of anilines is 1. The maximum absolute atomic E-state index is 13.8. The smallest absolute Gasteiger partial charge is 0.207 e. The minimum absolute atomic E-state index is 0. The number of rotatable bonds is 5. The number of carbonyl (C=O) groups is 1. The van der Waals surface area contributed by atoms with Crippen LogP contribution >= 0.6 is 11.3 Å². The molecule has 1 amide bonds. The van der Waals surface area contributed by atoms with Gasteiger partial charge < -0.3 is 20.5 Å². The molecule has 190 valence electrons. The third-order valence-electron chi connectivity index (χ3n) is 6.20. The van der Waals surface area contributed by atoms with Crippen molar-refractivity contribution in [1.82, 2.24) is 25.6 Å². The second-order valence-corrected chi connectivity index (χ2v) is 9.58. The summed E-state index contributed by atoms with van der Waals surface area (Å²) in [7, 11) is 0. The first-order chi connectivity index (χ1) is 17.6. The van der Waals surface area contributed by atoms with Gasteiger partial charge in [0.25, 0.3) is 0 Å². The maximum Gasteiger partial charge on any atom is 0.207 e. The number of nitrogens with one attached hydrogen (secondary N) is 3. The Balaban J connectivity index is 0.000000288. The third-order valence-corrected chi connectivity index (χ3v) is 7.10. The summed E-state index contributed by atoms with van der Waals surface area (Å²) in [6, 6.07) is 15.5. The standard InChI is InChI=1S/C17H18FN5.C10H9NOS.3H2/c1-11-2-3-12(8-13(11)18)14-9-15-16(22-14)17(21-10-20-15)23-6-4-19-5-7-23;12-7-11-6-8-1-2-10-9(5-8)3-4-13-10;;;/h2-3,8-10,19,22H,4-7H2,1H3;1-5,7H,6H2,(H,11,12);3*1H. The molecule has 3 aromatic heterocycles. The number of carbonyl (C=O) groups excluding carboxylic acids is 1. The van der Waals surface area contributed by atoms with Gasteiger partial charge in [0, 0.05) is 53.0 Å². The molecule has 7 nitrogen and oxygen atoms in total. The molecular weight excluding hydrogens is 475 g/mol. The molecule has 0 aliphatic carbocycles. The zero-order valence-corrected chi connectivity index (χ0v) is 20.7. The van der Waals surface area contributed by atoms with Crippen molar-refractivity contribution in [3.63, 3.8) is 0 Å². The lowest BCUT2D eigenvalue weighted by Gasteiger charge is -2.28. The van der Waals surface area contributed by atoms with Crippen LogP contribution < -0.4 is 15.5 Å². The summed E-state index contributed by atoms with van der Waals surface area (Å²) in [5.41, 5.74) is 5.22. The van der Waals surface area contributed by atoms with Gasteiger partial charge in [-0.15, -0.1) is 11.3 Å². The van der Waals surface area contributed by atoms with E-state index in [2.05, 4.69) is 54.1 Å². The first-order valence-corrected chi connectivity index (χ1v) is 12.7. The fourth-order valence-electron chi connectivity index (χ4n) is 4.24. The number of aryl methyl sites for hydroxylation is 1. The summed E-state index contributed by atoms with van der Waals surface area (Å²) < 4.78 is 15.1. The van der Waals surface area contributed by atoms with E-state index in [4.69, 9.17) is 0 Å². The molecule has 1 aliphatic heterocycles. The first kappa shape index (κ1) is 23.9. The number of fused-ring (bicyclic) bond motifs is 2. The number of H-pyrrole nitrogens is 1. The molecule has 1 aliphatic rings. The summed E-state index contributed by atoms with van der Waals surface area (Å²) in [4.78, 5) is 24.5. The van der Waals surface area contributed by atoms with E-state index in [-0.39, 0.29) is 10.1 Å². The van der Waals surface area contributed by atoms with Crippen molar-refractivity contribution in [2.45, 2.75) is 13.5 Å². The molecule has 0 unspecified atom stereocenters. The van der Waals surface area contributed by atoms with Crippen molar-refractivity contribution < 1.29 is 13.5 Å². The number of thiophene rings is 1. The SMILES string of the molecule is Cc1ccc(-c2cc3ncnc(N4CCNCC4)c3[nH]2)cc1F.O=CNCc1ccc2sccc2c1.[HH].[HH].[HH]. The van der Waals surface area contributed by atoms with E-state index in [1.807, 2.05) is 18.2 Å². The lowest BCUT2D eigenvalue weighted by molar-refractivity contribution is -0.109. The number of aromatic nitrogens is 3. The van der Waals surface area contributed by atoms with Gasteiger partial charge in [-0.3, -0.25) is 4.79 Å². The average molecular weight is 509 g/mol. The Kier molecular flexibility index (Phi) is 7.20. The van der Waals surface area contributed by atoms with Crippen molar-refractivity contribution in [1.29, 1.82) is 0 Å². The van der Waals surface area contributed by atoms with E-state index in [1.54, 1.807) is 36.7 Å². The second kappa shape index (κ2) is 10.8. The molecule has 6 rings (SSSR count). The van der Waals surface area contributed by atoms with Gasteiger partial charge in [-0.2, -0.15) is 0 Å². The molecule has 0 radical (unpaired) electrons. The number of nitrogens with zero attached hydrogens (tertiary/aromatic N) is 3. The molecule has 5 aromatic rings. The summed E-state index contributed by atoms with van der Waals surface area (Å²) in [5, 5.41) is 9.30. The fraction of sp³-hybridized carbons (Fsp3) is 0.222. The van der Waals surface area contributed by atoms with Crippen LogP contribution in [0.4, 0.5) is 10.2 Å². The van der Waals surface area contributed by atoms with E-state index < -0.39 is 0 Å². The number of benzene rings is 2. The molecule has 0 bridgehead atoms. The van der Waals surface area contributed by atoms with Crippen LogP contribution in [0.5, 0.6) is 0 Å². The predicted octanol–water partition coefficient (Wildman–Crippen LogP) is 5.37. The van der Waals surface area contributed by atoms with Crippen LogP contribution in [0.25, 0.3) is 32.4 Å². The highest BCUT2D eigenvalue weighted by Gasteiger charge is 2.17. The van der Waals surface area contributed by atoms with Crippen LogP contribution in [0.2, 0.25) is 0 Å². The highest BCUT2D eigenvalue weighted by Crippen LogP contribution is 2.29. The van der Waals surface area contributed by atoms with Gasteiger partial charge in [-0.05, 0) is 59.1 Å². The third kappa shape index (κ3) is 5.22. The van der Waals surface area contributed by atoms with Gasteiger partial charge in [-0.1, -0.05) is 18.2 Å². The highest BCUT2D eigenvalue weighted by atomic mass is 32.1. The van der Waals surface area contributed by atoms with Gasteiger partial charge in [0.15, 0.2) is 5.82 Å². The van der Waals surface area contributed by atoms with Crippen LogP contribution in [0.15, 0.2) is 60.2 Å². The molecule has 9 heteroatoms. The number of piperazine rings is 1. The molecule has 4 heterocycles. The number of amides is 1. The van der Waals surface area contributed by atoms with Gasteiger partial charge in [-0.25, -0.2) is 14.4 Å². The first-order valence-electron chi connectivity index (χ1n) is 11.8. The molecule has 0 atom stereocenters. The summed E-state index contributed by atoms with van der Waals surface area (Å²) in [6.07, 6.45) is 2.31. The lowest BCUT2D eigenvalue weighted by Crippen LogP contribution is -2.44. The van der Waals surface area contributed by atoms with Crippen LogP contribution in [-0.2, 0) is 11.3 Å². The number of halogens is 1. The Morgan fingerprint density at radius 3 is 2.81 bits per heavy atom. The molecule has 1 fully saturated rings.